The van der Waals surface area contributed by atoms with Gasteiger partial charge in [-0.05, 0) is 54.5 Å². The number of anilines is 1. The van der Waals surface area contributed by atoms with Crippen LogP contribution >= 0.6 is 11.6 Å². The number of likely N-dealkylation sites (tertiary alicyclic amines) is 1. The van der Waals surface area contributed by atoms with E-state index < -0.39 is 6.04 Å². The average molecular weight is 435 g/mol. The molecule has 3 aliphatic rings. The van der Waals surface area contributed by atoms with Crippen LogP contribution in [0.5, 0.6) is 0 Å². The van der Waals surface area contributed by atoms with Crippen LogP contribution in [-0.2, 0) is 14.4 Å². The smallest absolute Gasteiger partial charge is 0.234 e. The first kappa shape index (κ1) is 20.0. The van der Waals surface area contributed by atoms with Crippen LogP contribution in [0.3, 0.4) is 0 Å². The maximum atomic E-state index is 13.4. The van der Waals surface area contributed by atoms with E-state index in [0.29, 0.717) is 10.6 Å². The zero-order valence-electron chi connectivity index (χ0n) is 17.1. The number of aryl methyl sites for hydroxylation is 1. The molecule has 2 aromatic rings. The van der Waals surface area contributed by atoms with Crippen LogP contribution in [-0.4, -0.2) is 22.6 Å². The summed E-state index contributed by atoms with van der Waals surface area (Å²) in [5, 5.41) is 3.43. The van der Waals surface area contributed by atoms with E-state index in [1.165, 1.54) is 4.90 Å². The first-order chi connectivity index (χ1) is 14.9. The van der Waals surface area contributed by atoms with Gasteiger partial charge in [0.25, 0.3) is 0 Å². The Morgan fingerprint density at radius 1 is 1.06 bits per heavy atom. The molecule has 158 valence electrons. The van der Waals surface area contributed by atoms with E-state index in [1.54, 1.807) is 18.2 Å². The number of carbonyl (C=O) groups is 3. The Hall–Kier alpha value is -2.92. The van der Waals surface area contributed by atoms with Gasteiger partial charge in [0.05, 0.1) is 24.3 Å². The summed E-state index contributed by atoms with van der Waals surface area (Å²) in [7, 11) is 0. The standard InChI is InChI=1S/C25H23ClN2O3/c1-14-5-2-3-8-19(14)27-21(29)13-20(15-6-4-7-18(26)12-15)28-24(30)22-16-9-10-17(11-16)23(22)25(28)31/h2-10,12,16-17,20,22-23H,11,13H2,1H3,(H,27,29). The van der Waals surface area contributed by atoms with Crippen LogP contribution in [0.25, 0.3) is 0 Å². The van der Waals surface area contributed by atoms with Crippen LogP contribution in [0.1, 0.15) is 30.0 Å². The Morgan fingerprint density at radius 2 is 1.74 bits per heavy atom. The van der Waals surface area contributed by atoms with Crippen LogP contribution in [0, 0.1) is 30.6 Å². The molecule has 2 bridgehead atoms. The number of rotatable bonds is 5. The van der Waals surface area contributed by atoms with Crippen molar-refractivity contribution in [2.75, 3.05) is 5.32 Å². The number of hydrogen-bond donors (Lipinski definition) is 1. The molecule has 1 aliphatic heterocycles. The van der Waals surface area contributed by atoms with Gasteiger partial charge in [-0.2, -0.15) is 0 Å². The minimum absolute atomic E-state index is 0.0195. The Kier molecular flexibility index (Phi) is 4.94. The normalized spacial score (nSPS) is 27.0. The van der Waals surface area contributed by atoms with Crippen molar-refractivity contribution < 1.29 is 14.4 Å². The van der Waals surface area contributed by atoms with Crippen molar-refractivity contribution in [1.82, 2.24) is 4.90 Å². The number of para-hydroxylation sites is 1. The molecule has 3 amide bonds. The second-order valence-electron chi connectivity index (χ2n) is 8.68. The summed E-state index contributed by atoms with van der Waals surface area (Å²) in [6, 6.07) is 13.9. The lowest BCUT2D eigenvalue weighted by atomic mass is 9.85. The van der Waals surface area contributed by atoms with Crippen molar-refractivity contribution in [3.05, 3.63) is 76.8 Å². The lowest BCUT2D eigenvalue weighted by molar-refractivity contribution is -0.144. The molecule has 6 heteroatoms. The van der Waals surface area contributed by atoms with Gasteiger partial charge in [-0.3, -0.25) is 19.3 Å². The fraction of sp³-hybridized carbons (Fsp3) is 0.320. The molecule has 1 saturated heterocycles. The van der Waals surface area contributed by atoms with Crippen molar-refractivity contribution in [3.63, 3.8) is 0 Å². The highest BCUT2D eigenvalue weighted by atomic mass is 35.5. The number of fused-ring (bicyclic) bond motifs is 5. The molecule has 0 spiro atoms. The van der Waals surface area contributed by atoms with Crippen LogP contribution in [0.15, 0.2) is 60.7 Å². The predicted molar refractivity (Wildman–Crippen MR) is 118 cm³/mol. The largest absolute Gasteiger partial charge is 0.326 e. The predicted octanol–water partition coefficient (Wildman–Crippen LogP) is 4.53. The van der Waals surface area contributed by atoms with Crippen molar-refractivity contribution in [3.8, 4) is 0 Å². The number of benzene rings is 2. The first-order valence-corrected chi connectivity index (χ1v) is 11.0. The van der Waals surface area contributed by atoms with Gasteiger partial charge in [0.2, 0.25) is 17.7 Å². The Labute approximate surface area is 186 Å². The molecular weight excluding hydrogens is 412 g/mol. The van der Waals surface area contributed by atoms with E-state index in [0.717, 1.165) is 17.7 Å². The summed E-state index contributed by atoms with van der Waals surface area (Å²) < 4.78 is 0. The third-order valence-corrected chi connectivity index (χ3v) is 7.08. The summed E-state index contributed by atoms with van der Waals surface area (Å²) in [6.45, 7) is 1.92. The van der Waals surface area contributed by atoms with Crippen molar-refractivity contribution >= 4 is 35.0 Å². The van der Waals surface area contributed by atoms with Crippen molar-refractivity contribution in [2.45, 2.75) is 25.8 Å². The van der Waals surface area contributed by atoms with Gasteiger partial charge in [0.1, 0.15) is 0 Å². The summed E-state index contributed by atoms with van der Waals surface area (Å²) in [4.78, 5) is 41.1. The van der Waals surface area contributed by atoms with Crippen molar-refractivity contribution in [1.29, 1.82) is 0 Å². The average Bonchev–Trinajstić information content (AvgIpc) is 3.42. The van der Waals surface area contributed by atoms with Crippen LogP contribution < -0.4 is 5.32 Å². The van der Waals surface area contributed by atoms with E-state index in [2.05, 4.69) is 17.5 Å². The fourth-order valence-electron chi connectivity index (χ4n) is 5.39. The fourth-order valence-corrected chi connectivity index (χ4v) is 5.59. The summed E-state index contributed by atoms with van der Waals surface area (Å²) >= 11 is 6.21. The molecule has 1 saturated carbocycles. The Morgan fingerprint density at radius 3 is 2.39 bits per heavy atom. The molecule has 2 aromatic carbocycles. The van der Waals surface area contributed by atoms with Gasteiger partial charge in [0, 0.05) is 10.7 Å². The molecule has 2 fully saturated rings. The van der Waals surface area contributed by atoms with E-state index in [4.69, 9.17) is 11.6 Å². The molecule has 5 nitrogen and oxygen atoms in total. The number of allylic oxidation sites excluding steroid dienone is 2. The zero-order chi connectivity index (χ0) is 21.7. The molecule has 5 atom stereocenters. The molecule has 0 aromatic heterocycles. The number of nitrogens with zero attached hydrogens (tertiary/aromatic N) is 1. The SMILES string of the molecule is Cc1ccccc1NC(=O)CC(c1cccc(Cl)c1)N1C(=O)C2C3C=CC(C3)C2C1=O. The lowest BCUT2D eigenvalue weighted by Gasteiger charge is -2.28. The first-order valence-electron chi connectivity index (χ1n) is 10.6. The summed E-state index contributed by atoms with van der Waals surface area (Å²) in [5.74, 6) is -0.944. The third kappa shape index (κ3) is 3.37. The molecule has 1 N–H and O–H groups in total. The number of nitrogens with one attached hydrogen (secondary N) is 1. The van der Waals surface area contributed by atoms with Gasteiger partial charge in [-0.25, -0.2) is 0 Å². The molecule has 5 unspecified atom stereocenters. The quantitative estimate of drug-likeness (QED) is 0.555. The summed E-state index contributed by atoms with van der Waals surface area (Å²) in [5.41, 5.74) is 2.35. The minimum Gasteiger partial charge on any atom is -0.326 e. The molecule has 1 heterocycles. The molecule has 2 aliphatic carbocycles. The molecule has 5 rings (SSSR count). The zero-order valence-corrected chi connectivity index (χ0v) is 17.9. The lowest BCUT2D eigenvalue weighted by Crippen LogP contribution is -2.38. The number of hydrogen-bond acceptors (Lipinski definition) is 3. The van der Waals surface area contributed by atoms with Crippen LogP contribution in [0.4, 0.5) is 5.69 Å². The van der Waals surface area contributed by atoms with E-state index in [1.807, 2.05) is 37.3 Å². The van der Waals surface area contributed by atoms with E-state index in [9.17, 15) is 14.4 Å². The van der Waals surface area contributed by atoms with Gasteiger partial charge in [-0.1, -0.05) is 54.1 Å². The highest BCUT2D eigenvalue weighted by molar-refractivity contribution is 6.30. The summed E-state index contributed by atoms with van der Waals surface area (Å²) in [6.07, 6.45) is 4.99. The number of carbonyl (C=O) groups excluding carboxylic acids is 3. The number of amides is 3. The van der Waals surface area contributed by atoms with E-state index >= 15 is 0 Å². The Bertz CT molecular complexity index is 1080. The van der Waals surface area contributed by atoms with Gasteiger partial charge < -0.3 is 5.32 Å². The third-order valence-electron chi connectivity index (χ3n) is 6.85. The monoisotopic (exact) mass is 434 g/mol. The maximum absolute atomic E-state index is 13.4. The molecule has 31 heavy (non-hydrogen) atoms. The highest BCUT2D eigenvalue weighted by Crippen LogP contribution is 2.54. The molecular formula is C25H23ClN2O3. The number of halogens is 1. The minimum atomic E-state index is -0.687. The number of imide groups is 1. The Balaban J connectivity index is 1.46. The van der Waals surface area contributed by atoms with Crippen molar-refractivity contribution in [2.24, 2.45) is 23.7 Å². The highest BCUT2D eigenvalue weighted by Gasteiger charge is 2.60. The maximum Gasteiger partial charge on any atom is 0.234 e. The second-order valence-corrected chi connectivity index (χ2v) is 9.12. The van der Waals surface area contributed by atoms with Gasteiger partial charge in [0.15, 0.2) is 0 Å². The van der Waals surface area contributed by atoms with Gasteiger partial charge in [-0.15, -0.1) is 0 Å². The van der Waals surface area contributed by atoms with Gasteiger partial charge >= 0.3 is 0 Å². The van der Waals surface area contributed by atoms with E-state index in [-0.39, 0.29) is 47.8 Å². The topological polar surface area (TPSA) is 66.5 Å². The second kappa shape index (κ2) is 7.65. The van der Waals surface area contributed by atoms with Crippen LogP contribution in [0.2, 0.25) is 5.02 Å². The molecule has 0 radical (unpaired) electrons.